The summed E-state index contributed by atoms with van der Waals surface area (Å²) in [7, 11) is 1.66. The Morgan fingerprint density at radius 2 is 1.85 bits per heavy atom. The average molecular weight is 372 g/mol. The summed E-state index contributed by atoms with van der Waals surface area (Å²) in [5, 5.41) is 9.73. The highest BCUT2D eigenvalue weighted by molar-refractivity contribution is 5.75. The van der Waals surface area contributed by atoms with Crippen LogP contribution in [-0.2, 0) is 11.3 Å². The van der Waals surface area contributed by atoms with Crippen molar-refractivity contribution in [1.29, 1.82) is 0 Å². The van der Waals surface area contributed by atoms with Crippen molar-refractivity contribution in [1.82, 2.24) is 9.80 Å². The first-order valence-corrected chi connectivity index (χ1v) is 9.07. The van der Waals surface area contributed by atoms with Crippen molar-refractivity contribution in [3.8, 4) is 5.75 Å². The molecule has 3 rings (SSSR count). The normalized spacial score (nSPS) is 16.9. The standard InChI is InChI=1S/C21H25FN2O3/c1-15-6-5-8-17(19(15)22)20(21(25)26)24-12-10-23(11-13-24)14-16-7-3-4-9-18(16)27-2/h3-9,20H,10-14H2,1-2H3,(H,25,26)/t20-/m0/s1. The molecule has 2 aromatic rings. The first kappa shape index (κ1) is 19.3. The van der Waals surface area contributed by atoms with Crippen LogP contribution >= 0.6 is 0 Å². The lowest BCUT2D eigenvalue weighted by atomic mass is 10.0. The SMILES string of the molecule is COc1ccccc1CN1CCN([C@H](C(=O)O)c2cccc(C)c2F)CC1. The first-order chi connectivity index (χ1) is 13.0. The number of piperazine rings is 1. The van der Waals surface area contributed by atoms with Gasteiger partial charge in [0.25, 0.3) is 0 Å². The number of ether oxygens (including phenoxy) is 1. The molecule has 144 valence electrons. The molecule has 27 heavy (non-hydrogen) atoms. The molecule has 0 spiro atoms. The molecular weight excluding hydrogens is 347 g/mol. The van der Waals surface area contributed by atoms with E-state index in [2.05, 4.69) is 4.90 Å². The second-order valence-electron chi connectivity index (χ2n) is 6.84. The molecule has 0 aliphatic carbocycles. The van der Waals surface area contributed by atoms with Crippen LogP contribution in [0.25, 0.3) is 0 Å². The predicted octanol–water partition coefficient (Wildman–Crippen LogP) is 3.09. The van der Waals surface area contributed by atoms with Crippen LogP contribution in [0.1, 0.15) is 22.7 Å². The summed E-state index contributed by atoms with van der Waals surface area (Å²) >= 11 is 0. The van der Waals surface area contributed by atoms with Gasteiger partial charge in [-0.2, -0.15) is 0 Å². The molecule has 1 aliphatic rings. The lowest BCUT2D eigenvalue weighted by Gasteiger charge is -2.38. The summed E-state index contributed by atoms with van der Waals surface area (Å²) in [6, 6.07) is 11.9. The first-order valence-electron chi connectivity index (χ1n) is 9.07. The van der Waals surface area contributed by atoms with Crippen molar-refractivity contribution in [2.45, 2.75) is 19.5 Å². The van der Waals surface area contributed by atoms with E-state index in [4.69, 9.17) is 4.74 Å². The maximum absolute atomic E-state index is 14.5. The van der Waals surface area contributed by atoms with Gasteiger partial charge in [-0.25, -0.2) is 4.39 Å². The van der Waals surface area contributed by atoms with Crippen LogP contribution in [0.4, 0.5) is 4.39 Å². The Balaban J connectivity index is 1.69. The number of rotatable bonds is 6. The predicted molar refractivity (Wildman–Crippen MR) is 101 cm³/mol. The van der Waals surface area contributed by atoms with Gasteiger partial charge in [-0.1, -0.05) is 36.4 Å². The molecule has 0 amide bonds. The van der Waals surface area contributed by atoms with E-state index in [1.165, 1.54) is 0 Å². The fraction of sp³-hybridized carbons (Fsp3) is 0.381. The molecular formula is C21H25FN2O3. The maximum atomic E-state index is 14.5. The van der Waals surface area contributed by atoms with Crippen molar-refractivity contribution < 1.29 is 19.0 Å². The minimum absolute atomic E-state index is 0.237. The largest absolute Gasteiger partial charge is 0.496 e. The fourth-order valence-corrected chi connectivity index (χ4v) is 3.62. The zero-order valence-electron chi connectivity index (χ0n) is 15.7. The van der Waals surface area contributed by atoms with Gasteiger partial charge < -0.3 is 9.84 Å². The Hall–Kier alpha value is -2.44. The molecule has 1 atom stereocenters. The highest BCUT2D eigenvalue weighted by atomic mass is 19.1. The van der Waals surface area contributed by atoms with Gasteiger partial charge in [-0.3, -0.25) is 14.6 Å². The number of halogens is 1. The van der Waals surface area contributed by atoms with Gasteiger partial charge in [-0.05, 0) is 18.6 Å². The highest BCUT2D eigenvalue weighted by Crippen LogP contribution is 2.27. The van der Waals surface area contributed by atoms with Crippen molar-refractivity contribution in [3.63, 3.8) is 0 Å². The van der Waals surface area contributed by atoms with E-state index < -0.39 is 17.8 Å². The molecule has 0 radical (unpaired) electrons. The van der Waals surface area contributed by atoms with Gasteiger partial charge in [-0.15, -0.1) is 0 Å². The Bertz CT molecular complexity index is 804. The van der Waals surface area contributed by atoms with Crippen LogP contribution in [0.3, 0.4) is 0 Å². The van der Waals surface area contributed by atoms with Crippen LogP contribution in [-0.4, -0.2) is 54.2 Å². The van der Waals surface area contributed by atoms with E-state index in [-0.39, 0.29) is 5.56 Å². The van der Waals surface area contributed by atoms with Gasteiger partial charge in [0.05, 0.1) is 7.11 Å². The zero-order chi connectivity index (χ0) is 19.4. The Kier molecular flexibility index (Phi) is 6.08. The van der Waals surface area contributed by atoms with E-state index in [0.29, 0.717) is 18.7 Å². The fourth-order valence-electron chi connectivity index (χ4n) is 3.62. The van der Waals surface area contributed by atoms with Crippen molar-refractivity contribution >= 4 is 5.97 Å². The highest BCUT2D eigenvalue weighted by Gasteiger charge is 2.32. The minimum Gasteiger partial charge on any atom is -0.496 e. The smallest absolute Gasteiger partial charge is 0.325 e. The molecule has 2 aromatic carbocycles. The van der Waals surface area contributed by atoms with Crippen molar-refractivity contribution in [2.75, 3.05) is 33.3 Å². The second kappa shape index (κ2) is 8.50. The minimum atomic E-state index is -1.02. The van der Waals surface area contributed by atoms with Crippen LogP contribution in [0.2, 0.25) is 0 Å². The molecule has 0 aromatic heterocycles. The molecule has 1 fully saturated rings. The molecule has 1 aliphatic heterocycles. The van der Waals surface area contributed by atoms with E-state index >= 15 is 0 Å². The lowest BCUT2D eigenvalue weighted by molar-refractivity contribution is -0.144. The van der Waals surface area contributed by atoms with Crippen LogP contribution in [0.15, 0.2) is 42.5 Å². The summed E-state index contributed by atoms with van der Waals surface area (Å²) < 4.78 is 19.9. The topological polar surface area (TPSA) is 53.0 Å². The number of carboxylic acid groups (broad SMARTS) is 1. The molecule has 1 saturated heterocycles. The van der Waals surface area contributed by atoms with E-state index in [1.54, 1.807) is 32.2 Å². The number of aliphatic carboxylic acids is 1. The Morgan fingerprint density at radius 3 is 2.52 bits per heavy atom. The van der Waals surface area contributed by atoms with E-state index in [9.17, 15) is 14.3 Å². The molecule has 6 heteroatoms. The molecule has 1 N–H and O–H groups in total. The number of hydrogen-bond donors (Lipinski definition) is 1. The van der Waals surface area contributed by atoms with Crippen molar-refractivity contribution in [3.05, 3.63) is 65.0 Å². The van der Waals surface area contributed by atoms with Gasteiger partial charge in [0.15, 0.2) is 0 Å². The number of carbonyl (C=O) groups is 1. The number of aryl methyl sites for hydroxylation is 1. The average Bonchev–Trinajstić information content (AvgIpc) is 2.67. The number of benzene rings is 2. The quantitative estimate of drug-likeness (QED) is 0.845. The van der Waals surface area contributed by atoms with Crippen LogP contribution in [0, 0.1) is 12.7 Å². The van der Waals surface area contributed by atoms with Gasteiger partial charge in [0.1, 0.15) is 17.6 Å². The monoisotopic (exact) mass is 372 g/mol. The maximum Gasteiger partial charge on any atom is 0.325 e. The van der Waals surface area contributed by atoms with E-state index in [0.717, 1.165) is 30.9 Å². The second-order valence-corrected chi connectivity index (χ2v) is 6.84. The third-order valence-electron chi connectivity index (χ3n) is 5.11. The summed E-state index contributed by atoms with van der Waals surface area (Å²) in [4.78, 5) is 16.0. The zero-order valence-corrected chi connectivity index (χ0v) is 15.7. The van der Waals surface area contributed by atoms with Crippen LogP contribution in [0.5, 0.6) is 5.75 Å². The lowest BCUT2D eigenvalue weighted by Crippen LogP contribution is -2.49. The van der Waals surface area contributed by atoms with Gasteiger partial charge in [0.2, 0.25) is 0 Å². The number of methoxy groups -OCH3 is 1. The molecule has 0 bridgehead atoms. The molecule has 1 heterocycles. The van der Waals surface area contributed by atoms with Gasteiger partial charge >= 0.3 is 5.97 Å². The summed E-state index contributed by atoms with van der Waals surface area (Å²) in [5.41, 5.74) is 1.81. The van der Waals surface area contributed by atoms with Crippen LogP contribution < -0.4 is 4.74 Å². The molecule has 5 nitrogen and oxygen atoms in total. The third-order valence-corrected chi connectivity index (χ3v) is 5.11. The van der Waals surface area contributed by atoms with E-state index in [1.807, 2.05) is 29.2 Å². The number of hydrogen-bond acceptors (Lipinski definition) is 4. The summed E-state index contributed by atoms with van der Waals surface area (Å²) in [6.45, 7) is 4.97. The Morgan fingerprint density at radius 1 is 1.15 bits per heavy atom. The number of para-hydroxylation sites is 1. The molecule has 0 saturated carbocycles. The summed E-state index contributed by atoms with van der Waals surface area (Å²) in [5.74, 6) is -0.593. The number of nitrogens with zero attached hydrogens (tertiary/aromatic N) is 2. The summed E-state index contributed by atoms with van der Waals surface area (Å²) in [6.07, 6.45) is 0. The Labute approximate surface area is 159 Å². The van der Waals surface area contributed by atoms with Gasteiger partial charge in [0, 0.05) is 43.9 Å². The number of carboxylic acids is 1. The third kappa shape index (κ3) is 4.28. The van der Waals surface area contributed by atoms with Crippen molar-refractivity contribution in [2.24, 2.45) is 0 Å². The molecule has 0 unspecified atom stereocenters.